The number of oxazole rings is 1. The molecule has 0 atom stereocenters. The zero-order valence-corrected chi connectivity index (χ0v) is 20.6. The third-order valence-corrected chi connectivity index (χ3v) is 5.85. The molecule has 186 valence electrons. The number of amides is 1. The van der Waals surface area contributed by atoms with Gasteiger partial charge in [0.05, 0.1) is 18.6 Å². The molecular formula is C28H35N2O5+. The van der Waals surface area contributed by atoms with Crippen LogP contribution >= 0.6 is 0 Å². The van der Waals surface area contributed by atoms with Crippen molar-refractivity contribution in [1.82, 2.24) is 5.32 Å². The number of aromatic nitrogens is 1. The number of rotatable bonds is 14. The topological polar surface area (TPSA) is 103 Å². The minimum atomic E-state index is -0.891. The van der Waals surface area contributed by atoms with Crippen LogP contribution < -0.4 is 15.0 Å². The first-order valence-corrected chi connectivity index (χ1v) is 12.3. The molecule has 35 heavy (non-hydrogen) atoms. The van der Waals surface area contributed by atoms with Crippen LogP contribution in [0.2, 0.25) is 0 Å². The second-order valence-corrected chi connectivity index (χ2v) is 8.58. The average molecular weight is 480 g/mol. The van der Waals surface area contributed by atoms with E-state index >= 15 is 0 Å². The lowest BCUT2D eigenvalue weighted by Crippen LogP contribution is -2.25. The Kier molecular flexibility index (Phi) is 9.90. The fraction of sp³-hybridized carbons (Fsp3) is 0.393. The van der Waals surface area contributed by atoms with Crippen LogP contribution in [0.5, 0.6) is 5.75 Å². The number of carboxylic acids is 1. The number of nitrogens with one attached hydrogen (secondary N) is 2. The summed E-state index contributed by atoms with van der Waals surface area (Å²) in [4.78, 5) is 27.2. The van der Waals surface area contributed by atoms with Crippen molar-refractivity contribution in [2.24, 2.45) is 0 Å². The molecule has 1 aromatic heterocycles. The maximum Gasteiger partial charge on any atom is 0.379 e. The van der Waals surface area contributed by atoms with E-state index < -0.39 is 5.97 Å². The number of hydrogen-bond acceptors (Lipinski definition) is 4. The van der Waals surface area contributed by atoms with E-state index in [9.17, 15) is 9.59 Å². The van der Waals surface area contributed by atoms with Crippen LogP contribution in [0.1, 0.15) is 66.4 Å². The highest BCUT2D eigenvalue weighted by Gasteiger charge is 2.19. The molecule has 0 aliphatic heterocycles. The second kappa shape index (κ2) is 13.3. The molecule has 0 saturated carbocycles. The Morgan fingerprint density at radius 2 is 1.86 bits per heavy atom. The first kappa shape index (κ1) is 26.0. The van der Waals surface area contributed by atoms with Crippen LogP contribution in [0.15, 0.2) is 52.9 Å². The zero-order chi connectivity index (χ0) is 25.0. The molecule has 0 fully saturated rings. The molecule has 3 aromatic rings. The summed E-state index contributed by atoms with van der Waals surface area (Å²) < 4.78 is 11.8. The SMILES string of the molecule is CCCCCCNC(=O)c1cc(OCCc2[nH+]c(-c3ccccc3)oc2C)ccc1CCC(=O)O. The fourth-order valence-electron chi connectivity index (χ4n) is 3.86. The molecule has 3 N–H and O–H groups in total. The van der Waals surface area contributed by atoms with E-state index in [1.807, 2.05) is 37.3 Å². The zero-order valence-electron chi connectivity index (χ0n) is 20.6. The number of benzene rings is 2. The van der Waals surface area contributed by atoms with Crippen LogP contribution in [0.4, 0.5) is 0 Å². The summed E-state index contributed by atoms with van der Waals surface area (Å²) in [6.07, 6.45) is 5.14. The van der Waals surface area contributed by atoms with Crippen molar-refractivity contribution in [3.8, 4) is 17.2 Å². The lowest BCUT2D eigenvalue weighted by Gasteiger charge is -2.12. The number of H-pyrrole nitrogens is 1. The molecule has 0 radical (unpaired) electrons. The van der Waals surface area contributed by atoms with E-state index in [4.69, 9.17) is 14.3 Å². The Morgan fingerprint density at radius 1 is 1.06 bits per heavy atom. The summed E-state index contributed by atoms with van der Waals surface area (Å²) in [7, 11) is 0. The standard InChI is InChI=1S/C28H34N2O5/c1-3-4-5-9-17-29-27(33)24-19-23(14-12-21(24)13-15-26(31)32)34-18-16-25-20(2)35-28(30-25)22-10-7-6-8-11-22/h6-8,10-12,14,19H,3-5,9,13,15-18H2,1-2H3,(H,29,33)(H,31,32)/p+1. The van der Waals surface area contributed by atoms with E-state index in [1.165, 1.54) is 0 Å². The van der Waals surface area contributed by atoms with Gasteiger partial charge in [0.25, 0.3) is 5.91 Å². The van der Waals surface area contributed by atoms with Crippen molar-refractivity contribution < 1.29 is 28.8 Å². The van der Waals surface area contributed by atoms with Crippen molar-refractivity contribution in [3.05, 3.63) is 71.1 Å². The molecule has 7 nitrogen and oxygen atoms in total. The minimum Gasteiger partial charge on any atom is -0.493 e. The Hall–Kier alpha value is -3.61. The minimum absolute atomic E-state index is 0.0314. The average Bonchev–Trinajstić information content (AvgIpc) is 3.23. The molecule has 1 amide bonds. The highest BCUT2D eigenvalue weighted by atomic mass is 16.5. The fourth-order valence-corrected chi connectivity index (χ4v) is 3.86. The lowest BCUT2D eigenvalue weighted by atomic mass is 10.0. The first-order valence-electron chi connectivity index (χ1n) is 12.3. The molecule has 0 unspecified atom stereocenters. The quantitative estimate of drug-likeness (QED) is 0.316. The number of carbonyl (C=O) groups is 2. The van der Waals surface area contributed by atoms with Gasteiger partial charge >= 0.3 is 11.9 Å². The Labute approximate surface area is 206 Å². The highest BCUT2D eigenvalue weighted by Crippen LogP contribution is 2.21. The predicted octanol–water partition coefficient (Wildman–Crippen LogP) is 5.02. The van der Waals surface area contributed by atoms with Gasteiger partial charge < -0.3 is 19.6 Å². The van der Waals surface area contributed by atoms with Gasteiger partial charge in [-0.3, -0.25) is 9.59 Å². The number of hydrogen-bond donors (Lipinski definition) is 2. The third kappa shape index (κ3) is 7.98. The van der Waals surface area contributed by atoms with Crippen LogP contribution in [-0.4, -0.2) is 30.1 Å². The van der Waals surface area contributed by atoms with Gasteiger partial charge in [0.15, 0.2) is 5.76 Å². The molecule has 3 rings (SSSR count). The molecule has 0 aliphatic carbocycles. The van der Waals surface area contributed by atoms with Crippen molar-refractivity contribution >= 4 is 11.9 Å². The number of carboxylic acid groups (broad SMARTS) is 1. The first-order chi connectivity index (χ1) is 17.0. The molecule has 0 aliphatic rings. The molecule has 0 bridgehead atoms. The van der Waals surface area contributed by atoms with Gasteiger partial charge in [-0.25, -0.2) is 0 Å². The maximum atomic E-state index is 12.8. The molecule has 0 spiro atoms. The van der Waals surface area contributed by atoms with E-state index in [2.05, 4.69) is 17.2 Å². The van der Waals surface area contributed by atoms with Gasteiger partial charge in [-0.2, -0.15) is 4.98 Å². The van der Waals surface area contributed by atoms with Crippen LogP contribution in [0.3, 0.4) is 0 Å². The normalized spacial score (nSPS) is 10.8. The lowest BCUT2D eigenvalue weighted by molar-refractivity contribution is -0.380. The smallest absolute Gasteiger partial charge is 0.379 e. The molecular weight excluding hydrogens is 444 g/mol. The predicted molar refractivity (Wildman–Crippen MR) is 134 cm³/mol. The van der Waals surface area contributed by atoms with E-state index in [1.54, 1.807) is 18.2 Å². The van der Waals surface area contributed by atoms with Crippen LogP contribution in [0, 0.1) is 6.92 Å². The Morgan fingerprint density at radius 3 is 2.60 bits per heavy atom. The van der Waals surface area contributed by atoms with Gasteiger partial charge in [0, 0.05) is 25.5 Å². The summed E-state index contributed by atoms with van der Waals surface area (Å²) in [6.45, 7) is 5.06. The molecule has 7 heteroatoms. The van der Waals surface area contributed by atoms with Gasteiger partial charge in [-0.05, 0) is 42.7 Å². The number of carbonyl (C=O) groups excluding carboxylic acids is 1. The molecule has 0 saturated heterocycles. The van der Waals surface area contributed by atoms with Crippen molar-refractivity contribution in [2.45, 2.75) is 58.8 Å². The number of aromatic amines is 1. The van der Waals surface area contributed by atoms with Crippen LogP contribution in [0.25, 0.3) is 11.5 Å². The summed E-state index contributed by atoms with van der Waals surface area (Å²) >= 11 is 0. The maximum absolute atomic E-state index is 12.8. The molecule has 2 aromatic carbocycles. The molecule has 1 heterocycles. The third-order valence-electron chi connectivity index (χ3n) is 5.85. The Balaban J connectivity index is 1.63. The van der Waals surface area contributed by atoms with E-state index in [0.29, 0.717) is 48.8 Å². The highest BCUT2D eigenvalue weighted by molar-refractivity contribution is 5.96. The van der Waals surface area contributed by atoms with Crippen molar-refractivity contribution in [3.63, 3.8) is 0 Å². The second-order valence-electron chi connectivity index (χ2n) is 8.58. The van der Waals surface area contributed by atoms with Crippen molar-refractivity contribution in [2.75, 3.05) is 13.2 Å². The number of unbranched alkanes of at least 4 members (excludes halogenated alkanes) is 3. The summed E-state index contributed by atoms with van der Waals surface area (Å²) in [5.74, 6) is 1.000. The largest absolute Gasteiger partial charge is 0.493 e. The number of aryl methyl sites for hydroxylation is 2. The van der Waals surface area contributed by atoms with E-state index in [0.717, 1.165) is 42.7 Å². The van der Waals surface area contributed by atoms with Gasteiger partial charge in [0.2, 0.25) is 5.69 Å². The van der Waals surface area contributed by atoms with Gasteiger partial charge in [-0.15, -0.1) is 0 Å². The number of ether oxygens (including phenoxy) is 1. The summed E-state index contributed by atoms with van der Waals surface area (Å²) in [6, 6.07) is 15.1. The summed E-state index contributed by atoms with van der Waals surface area (Å²) in [5, 5.41) is 12.0. The van der Waals surface area contributed by atoms with Gasteiger partial charge in [-0.1, -0.05) is 50.5 Å². The Bertz CT molecular complexity index is 1110. The van der Waals surface area contributed by atoms with Crippen LogP contribution in [-0.2, 0) is 17.6 Å². The summed E-state index contributed by atoms with van der Waals surface area (Å²) in [5.41, 5.74) is 3.10. The van der Waals surface area contributed by atoms with Crippen molar-refractivity contribution in [1.29, 1.82) is 0 Å². The monoisotopic (exact) mass is 479 g/mol. The van der Waals surface area contributed by atoms with Gasteiger partial charge in [0.1, 0.15) is 5.75 Å². The number of aliphatic carboxylic acids is 1. The van der Waals surface area contributed by atoms with E-state index in [-0.39, 0.29) is 12.3 Å².